The number of hydrogen-bond donors (Lipinski definition) is 0. The first-order chi connectivity index (χ1) is 10.8. The Morgan fingerprint density at radius 1 is 0.913 bits per heavy atom. The van der Waals surface area contributed by atoms with Crippen molar-refractivity contribution in [1.29, 1.82) is 0 Å². The van der Waals surface area contributed by atoms with Gasteiger partial charge in [0, 0.05) is 17.7 Å². The van der Waals surface area contributed by atoms with Gasteiger partial charge >= 0.3 is 6.18 Å². The molecule has 0 aliphatic carbocycles. The van der Waals surface area contributed by atoms with Crippen molar-refractivity contribution in [2.24, 2.45) is 0 Å². The SMILES string of the molecule is O=c1cc(-c2cccc(C(F)(F)F)c2)oc2cc(F)c(F)cc12. The van der Waals surface area contributed by atoms with Crippen molar-refractivity contribution in [3.05, 3.63) is 69.9 Å². The van der Waals surface area contributed by atoms with E-state index in [1.807, 2.05) is 0 Å². The summed E-state index contributed by atoms with van der Waals surface area (Å²) in [6.45, 7) is 0. The maximum absolute atomic E-state index is 13.2. The van der Waals surface area contributed by atoms with E-state index in [2.05, 4.69) is 0 Å². The number of halogens is 5. The van der Waals surface area contributed by atoms with Gasteiger partial charge in [0.15, 0.2) is 17.1 Å². The summed E-state index contributed by atoms with van der Waals surface area (Å²) in [5, 5.41) is -0.195. The summed E-state index contributed by atoms with van der Waals surface area (Å²) in [5.41, 5.74) is -1.84. The summed E-state index contributed by atoms with van der Waals surface area (Å²) in [5.74, 6) is -2.60. The van der Waals surface area contributed by atoms with E-state index in [9.17, 15) is 26.7 Å². The van der Waals surface area contributed by atoms with Crippen molar-refractivity contribution in [2.75, 3.05) is 0 Å². The van der Waals surface area contributed by atoms with Gasteiger partial charge in [-0.25, -0.2) is 8.78 Å². The smallest absolute Gasteiger partial charge is 0.416 e. The zero-order chi connectivity index (χ0) is 16.8. The van der Waals surface area contributed by atoms with Crippen LogP contribution in [-0.4, -0.2) is 0 Å². The maximum Gasteiger partial charge on any atom is 0.416 e. The molecular weight excluding hydrogens is 319 g/mol. The number of alkyl halides is 3. The van der Waals surface area contributed by atoms with Crippen molar-refractivity contribution in [2.45, 2.75) is 6.18 Å². The molecule has 3 rings (SSSR count). The molecule has 1 aromatic heterocycles. The van der Waals surface area contributed by atoms with Crippen LogP contribution in [-0.2, 0) is 6.18 Å². The quantitative estimate of drug-likeness (QED) is 0.604. The second-order valence-electron chi connectivity index (χ2n) is 4.82. The van der Waals surface area contributed by atoms with E-state index in [1.54, 1.807) is 0 Å². The number of benzene rings is 2. The number of hydrogen-bond acceptors (Lipinski definition) is 2. The highest BCUT2D eigenvalue weighted by molar-refractivity contribution is 5.78. The highest BCUT2D eigenvalue weighted by Crippen LogP contribution is 2.32. The molecule has 0 saturated heterocycles. The monoisotopic (exact) mass is 326 g/mol. The van der Waals surface area contributed by atoms with Crippen LogP contribution in [0, 0.1) is 11.6 Å². The van der Waals surface area contributed by atoms with Crippen molar-refractivity contribution in [3.8, 4) is 11.3 Å². The van der Waals surface area contributed by atoms with Crippen molar-refractivity contribution in [1.82, 2.24) is 0 Å². The minimum absolute atomic E-state index is 0.00329. The highest BCUT2D eigenvalue weighted by Gasteiger charge is 2.30. The molecule has 2 aromatic carbocycles. The Kier molecular flexibility index (Phi) is 3.43. The molecule has 0 bridgehead atoms. The first-order valence-electron chi connectivity index (χ1n) is 6.36. The van der Waals surface area contributed by atoms with Crippen molar-refractivity contribution < 1.29 is 26.4 Å². The molecule has 0 aliphatic rings. The summed E-state index contributed by atoms with van der Waals surface area (Å²) in [7, 11) is 0. The molecule has 3 aromatic rings. The van der Waals surface area contributed by atoms with Crippen LogP contribution in [0.4, 0.5) is 22.0 Å². The van der Waals surface area contributed by atoms with E-state index in [0.29, 0.717) is 12.1 Å². The normalized spacial score (nSPS) is 11.9. The van der Waals surface area contributed by atoms with Gasteiger partial charge in [0.25, 0.3) is 0 Å². The van der Waals surface area contributed by atoms with Gasteiger partial charge in [0.2, 0.25) is 0 Å². The fourth-order valence-electron chi connectivity index (χ4n) is 2.14. The third kappa shape index (κ3) is 2.81. The zero-order valence-corrected chi connectivity index (χ0v) is 11.2. The molecule has 0 N–H and O–H groups in total. The third-order valence-electron chi connectivity index (χ3n) is 3.24. The molecule has 0 atom stereocenters. The van der Waals surface area contributed by atoms with Crippen LogP contribution in [0.3, 0.4) is 0 Å². The Morgan fingerprint density at radius 2 is 1.61 bits per heavy atom. The van der Waals surface area contributed by atoms with Crippen LogP contribution in [0.25, 0.3) is 22.3 Å². The van der Waals surface area contributed by atoms with Gasteiger partial charge in [-0.3, -0.25) is 4.79 Å². The molecule has 0 radical (unpaired) electrons. The van der Waals surface area contributed by atoms with E-state index in [4.69, 9.17) is 4.42 Å². The van der Waals surface area contributed by atoms with E-state index in [1.165, 1.54) is 6.07 Å². The molecule has 0 unspecified atom stereocenters. The predicted molar refractivity (Wildman–Crippen MR) is 72.8 cm³/mol. The maximum atomic E-state index is 13.2. The Hall–Kier alpha value is -2.70. The highest BCUT2D eigenvalue weighted by atomic mass is 19.4. The molecule has 7 heteroatoms. The standard InChI is InChI=1S/C16H7F5O2/c17-11-5-10-13(22)7-14(23-15(10)6-12(11)18)8-2-1-3-9(4-8)16(19,20)21/h1-7H. The van der Waals surface area contributed by atoms with Gasteiger partial charge in [0.1, 0.15) is 11.3 Å². The van der Waals surface area contributed by atoms with Gasteiger partial charge in [0.05, 0.1) is 10.9 Å². The lowest BCUT2D eigenvalue weighted by molar-refractivity contribution is -0.137. The second-order valence-corrected chi connectivity index (χ2v) is 4.82. The lowest BCUT2D eigenvalue weighted by Crippen LogP contribution is -2.05. The Bertz CT molecular complexity index is 957. The first kappa shape index (κ1) is 15.2. The number of rotatable bonds is 1. The van der Waals surface area contributed by atoms with E-state index >= 15 is 0 Å². The van der Waals surface area contributed by atoms with Gasteiger partial charge in [-0.05, 0) is 18.2 Å². The first-order valence-corrected chi connectivity index (χ1v) is 6.36. The molecule has 118 valence electrons. The molecule has 0 fully saturated rings. The molecule has 2 nitrogen and oxygen atoms in total. The Labute approximate surface area is 125 Å². The molecule has 0 spiro atoms. The molecule has 0 aliphatic heterocycles. The fourth-order valence-corrected chi connectivity index (χ4v) is 2.14. The zero-order valence-electron chi connectivity index (χ0n) is 11.2. The topological polar surface area (TPSA) is 30.2 Å². The van der Waals surface area contributed by atoms with Crippen LogP contribution in [0.5, 0.6) is 0 Å². The molecular formula is C16H7F5O2. The fraction of sp³-hybridized carbons (Fsp3) is 0.0625. The van der Waals surface area contributed by atoms with Gasteiger partial charge in [-0.15, -0.1) is 0 Å². The summed E-state index contributed by atoms with van der Waals surface area (Å²) < 4.78 is 69.9. The van der Waals surface area contributed by atoms with Gasteiger partial charge < -0.3 is 4.42 Å². The summed E-state index contributed by atoms with van der Waals surface area (Å²) in [6.07, 6.45) is -4.55. The Balaban J connectivity index is 2.22. The van der Waals surface area contributed by atoms with Crippen LogP contribution >= 0.6 is 0 Å². The predicted octanol–water partition coefficient (Wildman–Crippen LogP) is 4.76. The van der Waals surface area contributed by atoms with E-state index in [-0.39, 0.29) is 22.3 Å². The Morgan fingerprint density at radius 3 is 2.30 bits per heavy atom. The lowest BCUT2D eigenvalue weighted by Gasteiger charge is -2.09. The van der Waals surface area contributed by atoms with Crippen LogP contribution in [0.1, 0.15) is 5.56 Å². The summed E-state index contributed by atoms with van der Waals surface area (Å²) in [6, 6.07) is 6.47. The minimum atomic E-state index is -4.55. The van der Waals surface area contributed by atoms with Crippen molar-refractivity contribution in [3.63, 3.8) is 0 Å². The van der Waals surface area contributed by atoms with Crippen LogP contribution in [0.15, 0.2) is 51.7 Å². The number of fused-ring (bicyclic) bond motifs is 1. The molecule has 0 amide bonds. The minimum Gasteiger partial charge on any atom is -0.456 e. The van der Waals surface area contributed by atoms with Crippen LogP contribution in [0.2, 0.25) is 0 Å². The molecule has 1 heterocycles. The molecule has 0 saturated carbocycles. The van der Waals surface area contributed by atoms with E-state index in [0.717, 1.165) is 24.3 Å². The van der Waals surface area contributed by atoms with Gasteiger partial charge in [-0.2, -0.15) is 13.2 Å². The molecule has 23 heavy (non-hydrogen) atoms. The van der Waals surface area contributed by atoms with Crippen LogP contribution < -0.4 is 5.43 Å². The van der Waals surface area contributed by atoms with Crippen molar-refractivity contribution >= 4 is 11.0 Å². The van der Waals surface area contributed by atoms with Gasteiger partial charge in [-0.1, -0.05) is 12.1 Å². The summed E-state index contributed by atoms with van der Waals surface area (Å²) in [4.78, 5) is 11.9. The average molecular weight is 326 g/mol. The lowest BCUT2D eigenvalue weighted by atomic mass is 10.1. The largest absolute Gasteiger partial charge is 0.456 e. The summed E-state index contributed by atoms with van der Waals surface area (Å²) >= 11 is 0. The second kappa shape index (κ2) is 5.19. The average Bonchev–Trinajstić information content (AvgIpc) is 2.48. The van der Waals surface area contributed by atoms with E-state index < -0.39 is 28.8 Å². The third-order valence-corrected chi connectivity index (χ3v) is 3.24.